The molecule has 0 spiro atoms. The molecule has 0 aliphatic carbocycles. The summed E-state index contributed by atoms with van der Waals surface area (Å²) in [6, 6.07) is 0. The predicted molar refractivity (Wildman–Crippen MR) is 55.2 cm³/mol. The highest BCUT2D eigenvalue weighted by atomic mass is 32.2. The van der Waals surface area contributed by atoms with Gasteiger partial charge in [-0.25, -0.2) is 0 Å². The molecule has 0 saturated heterocycles. The lowest BCUT2D eigenvalue weighted by Crippen LogP contribution is -2.10. The van der Waals surface area contributed by atoms with E-state index in [0.29, 0.717) is 0 Å². The van der Waals surface area contributed by atoms with Crippen molar-refractivity contribution in [1.29, 1.82) is 0 Å². The average Bonchev–Trinajstić information content (AvgIpc) is 1.99. The fraction of sp³-hybridized carbons (Fsp3) is 1.00. The van der Waals surface area contributed by atoms with Crippen LogP contribution in [0.5, 0.6) is 0 Å². The molecule has 0 N–H and O–H groups in total. The second-order valence-electron chi connectivity index (χ2n) is 3.24. The van der Waals surface area contributed by atoms with Gasteiger partial charge in [-0.05, 0) is 13.8 Å². The van der Waals surface area contributed by atoms with E-state index in [1.54, 1.807) is 20.8 Å². The molecule has 0 bridgehead atoms. The van der Waals surface area contributed by atoms with Crippen LogP contribution in [0.1, 0.15) is 20.8 Å². The van der Waals surface area contributed by atoms with Gasteiger partial charge in [-0.15, -0.1) is 0 Å². The maximum atomic E-state index is 11.8. The first kappa shape index (κ1) is 14.1. The standard InChI is InChI=1S/C7H17O5PS/c1-5-13(8,12-7(2)3)6-11-14(4,9)10/h7H,5-6H2,1-4H3. The predicted octanol–water partition coefficient (Wildman–Crippen LogP) is 1.64. The summed E-state index contributed by atoms with van der Waals surface area (Å²) in [4.78, 5) is 0. The molecule has 0 amide bonds. The molecule has 0 radical (unpaired) electrons. The third kappa shape index (κ3) is 6.54. The van der Waals surface area contributed by atoms with Crippen LogP contribution in [0, 0.1) is 0 Å². The highest BCUT2D eigenvalue weighted by molar-refractivity contribution is 7.86. The van der Waals surface area contributed by atoms with Crippen LogP contribution in [0.25, 0.3) is 0 Å². The third-order valence-electron chi connectivity index (χ3n) is 1.35. The van der Waals surface area contributed by atoms with Gasteiger partial charge in [0.15, 0.2) is 0 Å². The second kappa shape index (κ2) is 5.26. The quantitative estimate of drug-likeness (QED) is 0.524. The summed E-state index contributed by atoms with van der Waals surface area (Å²) in [7, 11) is -6.51. The van der Waals surface area contributed by atoms with Gasteiger partial charge in [-0.2, -0.15) is 8.42 Å². The third-order valence-corrected chi connectivity index (χ3v) is 4.36. The van der Waals surface area contributed by atoms with Gasteiger partial charge in [-0.1, -0.05) is 6.92 Å². The lowest BCUT2D eigenvalue weighted by atomic mass is 10.5. The number of rotatable bonds is 6. The van der Waals surface area contributed by atoms with Crippen LogP contribution >= 0.6 is 7.37 Å². The van der Waals surface area contributed by atoms with Crippen LogP contribution in [0.3, 0.4) is 0 Å². The van der Waals surface area contributed by atoms with Crippen molar-refractivity contribution in [3.63, 3.8) is 0 Å². The normalized spacial score (nSPS) is 16.9. The first-order valence-corrected chi connectivity index (χ1v) is 8.10. The van der Waals surface area contributed by atoms with Gasteiger partial charge in [0.2, 0.25) is 7.37 Å². The lowest BCUT2D eigenvalue weighted by molar-refractivity contribution is 0.228. The van der Waals surface area contributed by atoms with Crippen LogP contribution in [0.4, 0.5) is 0 Å². The summed E-state index contributed by atoms with van der Waals surface area (Å²) in [5.74, 6) is 0. The van der Waals surface area contributed by atoms with Crippen LogP contribution in [-0.4, -0.2) is 33.3 Å². The van der Waals surface area contributed by atoms with E-state index in [0.717, 1.165) is 6.26 Å². The molecule has 1 unspecified atom stereocenters. The van der Waals surface area contributed by atoms with Crippen molar-refractivity contribution in [2.75, 3.05) is 18.8 Å². The first-order chi connectivity index (χ1) is 6.18. The fourth-order valence-electron chi connectivity index (χ4n) is 0.756. The van der Waals surface area contributed by atoms with E-state index in [1.807, 2.05) is 0 Å². The summed E-state index contributed by atoms with van der Waals surface area (Å²) >= 11 is 0. The Morgan fingerprint density at radius 3 is 2.14 bits per heavy atom. The molecular formula is C7H17O5PS. The first-order valence-electron chi connectivity index (χ1n) is 4.29. The SMILES string of the molecule is CCP(=O)(COS(C)(=O)=O)OC(C)C. The zero-order chi connectivity index (χ0) is 11.4. The zero-order valence-electron chi connectivity index (χ0n) is 8.89. The molecule has 7 heteroatoms. The Kier molecular flexibility index (Phi) is 5.30. The molecule has 0 saturated carbocycles. The summed E-state index contributed by atoms with van der Waals surface area (Å²) in [6.45, 7) is 5.15. The summed E-state index contributed by atoms with van der Waals surface area (Å²) in [5.41, 5.74) is 0. The maximum absolute atomic E-state index is 11.8. The van der Waals surface area contributed by atoms with Crippen LogP contribution in [-0.2, 0) is 23.4 Å². The van der Waals surface area contributed by atoms with Crippen molar-refractivity contribution >= 4 is 17.5 Å². The Labute approximate surface area is 85.4 Å². The van der Waals surface area contributed by atoms with E-state index >= 15 is 0 Å². The van der Waals surface area contributed by atoms with Gasteiger partial charge >= 0.3 is 0 Å². The van der Waals surface area contributed by atoms with Crippen molar-refractivity contribution < 1.29 is 21.7 Å². The Morgan fingerprint density at radius 2 is 1.86 bits per heavy atom. The van der Waals surface area contributed by atoms with E-state index in [4.69, 9.17) is 4.52 Å². The molecule has 1 atom stereocenters. The van der Waals surface area contributed by atoms with Crippen molar-refractivity contribution in [1.82, 2.24) is 0 Å². The summed E-state index contributed by atoms with van der Waals surface area (Å²) in [5, 5.41) is 0. The zero-order valence-corrected chi connectivity index (χ0v) is 10.6. The van der Waals surface area contributed by atoms with E-state index < -0.39 is 17.5 Å². The van der Waals surface area contributed by atoms with Crippen LogP contribution in [0.2, 0.25) is 0 Å². The minimum Gasteiger partial charge on any atom is -0.324 e. The average molecular weight is 244 g/mol. The molecule has 0 aromatic heterocycles. The molecule has 0 fully saturated rings. The molecule has 86 valence electrons. The monoisotopic (exact) mass is 244 g/mol. The van der Waals surface area contributed by atoms with Gasteiger partial charge in [0.25, 0.3) is 10.1 Å². The molecule has 0 aliphatic heterocycles. The van der Waals surface area contributed by atoms with Crippen molar-refractivity contribution in [3.05, 3.63) is 0 Å². The molecule has 5 nitrogen and oxygen atoms in total. The molecule has 0 heterocycles. The minimum atomic E-state index is -3.56. The van der Waals surface area contributed by atoms with Gasteiger partial charge in [0, 0.05) is 6.16 Å². The second-order valence-corrected chi connectivity index (χ2v) is 7.61. The Bertz CT molecular complexity index is 308. The highest BCUT2D eigenvalue weighted by Gasteiger charge is 2.24. The summed E-state index contributed by atoms with van der Waals surface area (Å²) in [6.07, 6.45) is 0.604. The number of hydrogen-bond donors (Lipinski definition) is 0. The maximum Gasteiger partial charge on any atom is 0.264 e. The highest BCUT2D eigenvalue weighted by Crippen LogP contribution is 2.47. The molecule has 14 heavy (non-hydrogen) atoms. The van der Waals surface area contributed by atoms with Gasteiger partial charge in [0.05, 0.1) is 12.4 Å². The molecule has 0 aliphatic rings. The Hall–Kier alpha value is 0.1000. The minimum absolute atomic E-state index is 0.205. The van der Waals surface area contributed by atoms with E-state index in [1.165, 1.54) is 0 Å². The van der Waals surface area contributed by atoms with Gasteiger partial charge in [-0.3, -0.25) is 8.75 Å². The largest absolute Gasteiger partial charge is 0.324 e. The molecule has 0 rings (SSSR count). The fourth-order valence-corrected chi connectivity index (χ4v) is 3.33. The summed E-state index contributed by atoms with van der Waals surface area (Å²) < 4.78 is 42.8. The molecule has 0 aromatic rings. The van der Waals surface area contributed by atoms with Crippen LogP contribution in [0.15, 0.2) is 0 Å². The molecule has 0 aromatic carbocycles. The van der Waals surface area contributed by atoms with Crippen LogP contribution < -0.4 is 0 Å². The lowest BCUT2D eigenvalue weighted by Gasteiger charge is -2.18. The Balaban J connectivity index is 4.35. The van der Waals surface area contributed by atoms with Gasteiger partial charge < -0.3 is 4.52 Å². The van der Waals surface area contributed by atoms with Gasteiger partial charge in [0.1, 0.15) is 6.35 Å². The Morgan fingerprint density at radius 1 is 1.36 bits per heavy atom. The van der Waals surface area contributed by atoms with Crippen molar-refractivity contribution in [3.8, 4) is 0 Å². The molecular weight excluding hydrogens is 227 g/mol. The number of hydrogen-bond acceptors (Lipinski definition) is 5. The van der Waals surface area contributed by atoms with E-state index in [9.17, 15) is 13.0 Å². The smallest absolute Gasteiger partial charge is 0.264 e. The van der Waals surface area contributed by atoms with E-state index in [-0.39, 0.29) is 18.6 Å². The topological polar surface area (TPSA) is 69.7 Å². The van der Waals surface area contributed by atoms with Crippen molar-refractivity contribution in [2.45, 2.75) is 26.9 Å². The van der Waals surface area contributed by atoms with Crippen molar-refractivity contribution in [2.24, 2.45) is 0 Å². The van der Waals surface area contributed by atoms with E-state index in [2.05, 4.69) is 4.18 Å².